The number of hydrogen-bond donors (Lipinski definition) is 1. The summed E-state index contributed by atoms with van der Waals surface area (Å²) in [7, 11) is 0. The molecule has 0 aliphatic heterocycles. The molecule has 2 aromatic carbocycles. The minimum Gasteiger partial charge on any atom is -0.478 e. The molecule has 0 saturated heterocycles. The summed E-state index contributed by atoms with van der Waals surface area (Å²) >= 11 is 13.5. The van der Waals surface area contributed by atoms with E-state index in [0.717, 1.165) is 9.79 Å². The Hall–Kier alpha value is -1.16. The van der Waals surface area contributed by atoms with Gasteiger partial charge in [0.15, 0.2) is 0 Å². The molecule has 18 heavy (non-hydrogen) atoms. The van der Waals surface area contributed by atoms with Crippen LogP contribution in [0.2, 0.25) is 10.0 Å². The molecule has 0 aliphatic carbocycles. The third-order valence-corrected chi connectivity index (χ3v) is 4.25. The first kappa shape index (κ1) is 13.3. The summed E-state index contributed by atoms with van der Waals surface area (Å²) in [4.78, 5) is 12.4. The summed E-state index contributed by atoms with van der Waals surface area (Å²) in [5, 5.41) is 9.89. The zero-order valence-corrected chi connectivity index (χ0v) is 11.4. The molecular weight excluding hydrogens is 291 g/mol. The summed E-state index contributed by atoms with van der Waals surface area (Å²) in [6.45, 7) is 0. The van der Waals surface area contributed by atoms with Crippen LogP contribution in [0.5, 0.6) is 0 Å². The van der Waals surface area contributed by atoms with Crippen LogP contribution in [-0.4, -0.2) is 11.1 Å². The van der Waals surface area contributed by atoms with Crippen molar-refractivity contribution in [3.8, 4) is 0 Å². The lowest BCUT2D eigenvalue weighted by Gasteiger charge is -2.06. The average Bonchev–Trinajstić information content (AvgIpc) is 2.34. The molecule has 0 saturated carbocycles. The Labute approximate surface area is 119 Å². The Morgan fingerprint density at radius 3 is 2.28 bits per heavy atom. The van der Waals surface area contributed by atoms with E-state index in [1.54, 1.807) is 12.1 Å². The Morgan fingerprint density at radius 2 is 1.67 bits per heavy atom. The lowest BCUT2D eigenvalue weighted by molar-refractivity contribution is 0.0697. The van der Waals surface area contributed by atoms with Gasteiger partial charge in [0.2, 0.25) is 0 Å². The number of aromatic carboxylic acids is 1. The van der Waals surface area contributed by atoms with Gasteiger partial charge in [-0.3, -0.25) is 0 Å². The van der Waals surface area contributed by atoms with Crippen molar-refractivity contribution in [1.29, 1.82) is 0 Å². The van der Waals surface area contributed by atoms with Crippen molar-refractivity contribution in [2.75, 3.05) is 0 Å². The van der Waals surface area contributed by atoms with Gasteiger partial charge in [-0.25, -0.2) is 4.79 Å². The van der Waals surface area contributed by atoms with Gasteiger partial charge in [0.25, 0.3) is 0 Å². The van der Waals surface area contributed by atoms with E-state index in [2.05, 4.69) is 0 Å². The number of benzene rings is 2. The third-order valence-electron chi connectivity index (χ3n) is 2.24. The van der Waals surface area contributed by atoms with E-state index < -0.39 is 5.97 Å². The van der Waals surface area contributed by atoms with Crippen LogP contribution in [0, 0.1) is 0 Å². The summed E-state index contributed by atoms with van der Waals surface area (Å²) in [5.41, 5.74) is 0.170. The number of hydrogen-bond acceptors (Lipinski definition) is 2. The smallest absolute Gasteiger partial charge is 0.335 e. The summed E-state index contributed by atoms with van der Waals surface area (Å²) in [6.07, 6.45) is 0. The molecule has 5 heteroatoms. The highest BCUT2D eigenvalue weighted by molar-refractivity contribution is 7.99. The van der Waals surface area contributed by atoms with Gasteiger partial charge in [-0.2, -0.15) is 0 Å². The van der Waals surface area contributed by atoms with Gasteiger partial charge in [0, 0.05) is 9.79 Å². The minimum atomic E-state index is -0.994. The van der Waals surface area contributed by atoms with Gasteiger partial charge < -0.3 is 5.11 Å². The summed E-state index contributed by atoms with van der Waals surface area (Å²) in [5.74, 6) is -0.994. The number of carbonyl (C=O) groups is 1. The molecule has 0 fully saturated rings. The molecule has 0 unspecified atom stereocenters. The zero-order valence-electron chi connectivity index (χ0n) is 9.06. The van der Waals surface area contributed by atoms with Crippen molar-refractivity contribution in [1.82, 2.24) is 0 Å². The van der Waals surface area contributed by atoms with E-state index in [0.29, 0.717) is 10.0 Å². The summed E-state index contributed by atoms with van der Waals surface area (Å²) in [6, 6.07) is 12.0. The molecule has 0 radical (unpaired) electrons. The van der Waals surface area contributed by atoms with E-state index in [-0.39, 0.29) is 5.56 Å². The SMILES string of the molecule is O=C(O)c1ccc(Sc2ccccc2Cl)c(Cl)c1. The molecule has 0 bridgehead atoms. The van der Waals surface area contributed by atoms with E-state index in [4.69, 9.17) is 28.3 Å². The Bertz CT molecular complexity index is 599. The molecule has 1 N–H and O–H groups in total. The molecule has 0 heterocycles. The number of carboxylic acid groups (broad SMARTS) is 1. The predicted molar refractivity (Wildman–Crippen MR) is 74.0 cm³/mol. The number of carboxylic acids is 1. The highest BCUT2D eigenvalue weighted by Gasteiger charge is 2.09. The second-order valence-corrected chi connectivity index (χ2v) is 5.38. The van der Waals surface area contributed by atoms with Crippen molar-refractivity contribution in [3.05, 3.63) is 58.1 Å². The fraction of sp³-hybridized carbons (Fsp3) is 0. The van der Waals surface area contributed by atoms with Crippen molar-refractivity contribution < 1.29 is 9.90 Å². The van der Waals surface area contributed by atoms with Gasteiger partial charge in [-0.1, -0.05) is 47.1 Å². The van der Waals surface area contributed by atoms with Crippen molar-refractivity contribution in [3.63, 3.8) is 0 Å². The van der Waals surface area contributed by atoms with E-state index in [9.17, 15) is 4.79 Å². The topological polar surface area (TPSA) is 37.3 Å². The Morgan fingerprint density at radius 1 is 1.00 bits per heavy atom. The van der Waals surface area contributed by atoms with E-state index in [1.807, 2.05) is 18.2 Å². The predicted octanol–water partition coefficient (Wildman–Crippen LogP) is 4.84. The van der Waals surface area contributed by atoms with Gasteiger partial charge in [-0.05, 0) is 30.3 Å². The van der Waals surface area contributed by atoms with Gasteiger partial charge in [-0.15, -0.1) is 0 Å². The monoisotopic (exact) mass is 298 g/mol. The molecule has 92 valence electrons. The van der Waals surface area contributed by atoms with Crippen molar-refractivity contribution >= 4 is 40.9 Å². The molecule has 0 spiro atoms. The third kappa shape index (κ3) is 2.99. The molecule has 2 rings (SSSR count). The van der Waals surface area contributed by atoms with E-state index >= 15 is 0 Å². The standard InChI is InChI=1S/C13H8Cl2O2S/c14-9-3-1-2-4-11(9)18-12-6-5-8(13(16)17)7-10(12)15/h1-7H,(H,16,17). The quantitative estimate of drug-likeness (QED) is 0.881. The largest absolute Gasteiger partial charge is 0.478 e. The van der Waals surface area contributed by atoms with Crippen LogP contribution < -0.4 is 0 Å². The summed E-state index contributed by atoms with van der Waals surface area (Å²) < 4.78 is 0. The maximum absolute atomic E-state index is 10.8. The fourth-order valence-electron chi connectivity index (χ4n) is 1.36. The van der Waals surface area contributed by atoms with Crippen LogP contribution in [0.4, 0.5) is 0 Å². The first-order chi connectivity index (χ1) is 8.58. The fourth-order valence-corrected chi connectivity index (χ4v) is 2.75. The maximum Gasteiger partial charge on any atom is 0.335 e. The van der Waals surface area contributed by atoms with Gasteiger partial charge in [0.05, 0.1) is 15.6 Å². The normalized spacial score (nSPS) is 10.3. The molecule has 0 aromatic heterocycles. The van der Waals surface area contributed by atoms with Crippen LogP contribution in [0.3, 0.4) is 0 Å². The van der Waals surface area contributed by atoms with Crippen LogP contribution in [-0.2, 0) is 0 Å². The van der Waals surface area contributed by atoms with Crippen LogP contribution in [0.25, 0.3) is 0 Å². The lowest BCUT2D eigenvalue weighted by atomic mass is 10.2. The average molecular weight is 299 g/mol. The van der Waals surface area contributed by atoms with Crippen LogP contribution in [0.15, 0.2) is 52.3 Å². The number of rotatable bonds is 3. The Balaban J connectivity index is 2.30. The van der Waals surface area contributed by atoms with Crippen LogP contribution >= 0.6 is 35.0 Å². The second-order valence-electron chi connectivity index (χ2n) is 3.48. The van der Waals surface area contributed by atoms with Crippen LogP contribution in [0.1, 0.15) is 10.4 Å². The van der Waals surface area contributed by atoms with Gasteiger partial charge in [0.1, 0.15) is 0 Å². The molecule has 2 nitrogen and oxygen atoms in total. The molecule has 0 aliphatic rings. The minimum absolute atomic E-state index is 0.170. The highest BCUT2D eigenvalue weighted by atomic mass is 35.5. The lowest BCUT2D eigenvalue weighted by Crippen LogP contribution is -1.95. The molecule has 2 aromatic rings. The highest BCUT2D eigenvalue weighted by Crippen LogP contribution is 2.37. The van der Waals surface area contributed by atoms with Crippen molar-refractivity contribution in [2.45, 2.75) is 9.79 Å². The first-order valence-electron chi connectivity index (χ1n) is 5.03. The first-order valence-corrected chi connectivity index (χ1v) is 6.60. The zero-order chi connectivity index (χ0) is 13.1. The Kier molecular flexibility index (Phi) is 4.17. The van der Waals surface area contributed by atoms with Crippen molar-refractivity contribution in [2.24, 2.45) is 0 Å². The molecule has 0 amide bonds. The molecule has 0 atom stereocenters. The molecular formula is C13H8Cl2O2S. The second kappa shape index (κ2) is 5.65. The maximum atomic E-state index is 10.8. The van der Waals surface area contributed by atoms with Gasteiger partial charge >= 0.3 is 5.97 Å². The number of halogens is 2. The van der Waals surface area contributed by atoms with E-state index in [1.165, 1.54) is 23.9 Å².